The lowest BCUT2D eigenvalue weighted by Gasteiger charge is -2.31. The van der Waals surface area contributed by atoms with Gasteiger partial charge in [0, 0.05) is 40.0 Å². The molecular formula is C40H56N4O6. The van der Waals surface area contributed by atoms with Gasteiger partial charge in [0.1, 0.15) is 23.6 Å². The highest BCUT2D eigenvalue weighted by Gasteiger charge is 2.33. The molecule has 0 saturated carbocycles. The normalized spacial score (nSPS) is 24.1. The molecule has 2 aromatic carbocycles. The van der Waals surface area contributed by atoms with Crippen molar-refractivity contribution in [1.82, 2.24) is 20.4 Å². The number of benzene rings is 2. The van der Waals surface area contributed by atoms with Crippen LogP contribution >= 0.6 is 0 Å². The number of hydrogen-bond donors (Lipinski definition) is 2. The SMILES string of the molecule is CC(C)[C@H]1C(=O)NCC/C=C/C[C@H](C)Oc2ccccc2C(=O)N1C.CC(C)[C@H]1C(=O)NCC/C=C\C[C@H](C)Oc2ccccc2C(=O)N1C. The van der Waals surface area contributed by atoms with Crippen LogP contribution in [-0.4, -0.2) is 84.9 Å². The third kappa shape index (κ3) is 11.2. The molecule has 0 fully saturated rings. The lowest BCUT2D eigenvalue weighted by Crippen LogP contribution is -2.50. The molecule has 0 aromatic heterocycles. The monoisotopic (exact) mass is 688 g/mol. The summed E-state index contributed by atoms with van der Waals surface area (Å²) < 4.78 is 12.0. The number of para-hydroxylation sites is 2. The van der Waals surface area contributed by atoms with E-state index in [1.807, 2.05) is 65.8 Å². The number of likely N-dealkylation sites (N-methyl/N-ethyl adjacent to an activating group) is 2. The van der Waals surface area contributed by atoms with Gasteiger partial charge in [-0.25, -0.2) is 0 Å². The van der Waals surface area contributed by atoms with Gasteiger partial charge in [-0.15, -0.1) is 0 Å². The molecule has 2 heterocycles. The Kier molecular flexibility index (Phi) is 15.6. The Labute approximate surface area is 298 Å². The first kappa shape index (κ1) is 39.8. The Morgan fingerprint density at radius 2 is 0.960 bits per heavy atom. The minimum absolute atomic E-state index is 0.00408. The second-order valence-electron chi connectivity index (χ2n) is 13.6. The predicted molar refractivity (Wildman–Crippen MR) is 197 cm³/mol. The molecule has 10 heteroatoms. The first-order valence-electron chi connectivity index (χ1n) is 17.7. The maximum absolute atomic E-state index is 13.0. The number of amides is 4. The highest BCUT2D eigenvalue weighted by Crippen LogP contribution is 2.25. The first-order chi connectivity index (χ1) is 23.8. The molecule has 272 valence electrons. The maximum atomic E-state index is 13.0. The fourth-order valence-electron chi connectivity index (χ4n) is 6.08. The zero-order valence-corrected chi connectivity index (χ0v) is 31.0. The quantitative estimate of drug-likeness (QED) is 0.372. The van der Waals surface area contributed by atoms with Gasteiger partial charge in [-0.05, 0) is 62.8 Å². The third-order valence-corrected chi connectivity index (χ3v) is 8.66. The summed E-state index contributed by atoms with van der Waals surface area (Å²) in [4.78, 5) is 54.3. The van der Waals surface area contributed by atoms with Gasteiger partial charge in [-0.2, -0.15) is 0 Å². The van der Waals surface area contributed by atoms with Crippen LogP contribution in [0.3, 0.4) is 0 Å². The van der Waals surface area contributed by atoms with Crippen LogP contribution in [-0.2, 0) is 9.59 Å². The number of ether oxygens (including phenoxy) is 2. The Morgan fingerprint density at radius 3 is 1.32 bits per heavy atom. The van der Waals surface area contributed by atoms with E-state index in [0.717, 1.165) is 25.7 Å². The highest BCUT2D eigenvalue weighted by atomic mass is 16.5. The van der Waals surface area contributed by atoms with Crippen LogP contribution < -0.4 is 20.1 Å². The van der Waals surface area contributed by atoms with Gasteiger partial charge in [-0.3, -0.25) is 19.2 Å². The Balaban J connectivity index is 0.000000270. The summed E-state index contributed by atoms with van der Waals surface area (Å²) in [6.07, 6.45) is 11.2. The van der Waals surface area contributed by atoms with E-state index in [-0.39, 0.29) is 47.7 Å². The largest absolute Gasteiger partial charge is 0.490 e. The molecule has 0 spiro atoms. The third-order valence-electron chi connectivity index (χ3n) is 8.66. The Bertz CT molecular complexity index is 1390. The summed E-state index contributed by atoms with van der Waals surface area (Å²) in [5, 5.41) is 5.88. The average Bonchev–Trinajstić information content (AvgIpc) is 3.07. The molecule has 4 rings (SSSR count). The molecule has 4 atom stereocenters. The number of hydrogen-bond acceptors (Lipinski definition) is 6. The molecule has 2 aromatic rings. The second-order valence-corrected chi connectivity index (χ2v) is 13.6. The summed E-state index contributed by atoms with van der Waals surface area (Å²) in [6, 6.07) is 13.4. The van der Waals surface area contributed by atoms with E-state index in [2.05, 4.69) is 34.9 Å². The molecule has 2 N–H and O–H groups in total. The standard InChI is InChI=1S/2C20H28N2O3/c2*1-14(2)18-19(23)21-13-9-5-6-10-15(3)25-17-12-8-7-11-16(17)20(24)22(18)4/h2*5-8,11-12,14-15,18H,9-10,13H2,1-4H3,(H,21,23)/b6-5+;6-5-/t2*15-,18-/m00/s1. The van der Waals surface area contributed by atoms with Crippen molar-refractivity contribution in [1.29, 1.82) is 0 Å². The summed E-state index contributed by atoms with van der Waals surface area (Å²) in [5.74, 6) is 0.467. The summed E-state index contributed by atoms with van der Waals surface area (Å²) in [6.45, 7) is 12.9. The van der Waals surface area contributed by atoms with Gasteiger partial charge in [-0.1, -0.05) is 76.3 Å². The van der Waals surface area contributed by atoms with Crippen molar-refractivity contribution in [2.45, 2.75) is 91.5 Å². The predicted octanol–water partition coefficient (Wildman–Crippen LogP) is 6.03. The molecule has 0 radical (unpaired) electrons. The molecular weight excluding hydrogens is 632 g/mol. The van der Waals surface area contributed by atoms with Gasteiger partial charge < -0.3 is 29.9 Å². The van der Waals surface area contributed by atoms with Crippen molar-refractivity contribution in [2.75, 3.05) is 27.2 Å². The van der Waals surface area contributed by atoms with E-state index in [9.17, 15) is 19.2 Å². The van der Waals surface area contributed by atoms with Gasteiger partial charge in [0.25, 0.3) is 11.8 Å². The van der Waals surface area contributed by atoms with Crippen molar-refractivity contribution in [3.63, 3.8) is 0 Å². The molecule has 4 amide bonds. The van der Waals surface area contributed by atoms with E-state index < -0.39 is 12.1 Å². The van der Waals surface area contributed by atoms with E-state index in [1.165, 1.54) is 9.80 Å². The van der Waals surface area contributed by atoms with Crippen LogP contribution in [0.4, 0.5) is 0 Å². The Hall–Kier alpha value is -4.60. The minimum Gasteiger partial charge on any atom is -0.490 e. The zero-order chi connectivity index (χ0) is 36.8. The van der Waals surface area contributed by atoms with Crippen molar-refractivity contribution in [3.05, 3.63) is 84.0 Å². The van der Waals surface area contributed by atoms with E-state index in [1.54, 1.807) is 38.4 Å². The number of rotatable bonds is 2. The van der Waals surface area contributed by atoms with Crippen LogP contribution in [0.1, 0.15) is 87.9 Å². The van der Waals surface area contributed by atoms with Crippen LogP contribution in [0.25, 0.3) is 0 Å². The maximum Gasteiger partial charge on any atom is 0.258 e. The highest BCUT2D eigenvalue weighted by molar-refractivity contribution is 6.00. The average molecular weight is 689 g/mol. The molecule has 2 aliphatic rings. The smallest absolute Gasteiger partial charge is 0.258 e. The summed E-state index contributed by atoms with van der Waals surface area (Å²) >= 11 is 0. The fraction of sp³-hybridized carbons (Fsp3) is 0.500. The van der Waals surface area contributed by atoms with E-state index in [0.29, 0.717) is 35.7 Å². The lowest BCUT2D eigenvalue weighted by atomic mass is 10.0. The van der Waals surface area contributed by atoms with Gasteiger partial charge >= 0.3 is 0 Å². The van der Waals surface area contributed by atoms with Crippen LogP contribution in [0, 0.1) is 11.8 Å². The topological polar surface area (TPSA) is 117 Å². The van der Waals surface area contributed by atoms with Crippen molar-refractivity contribution in [3.8, 4) is 11.5 Å². The Morgan fingerprint density at radius 1 is 0.600 bits per heavy atom. The van der Waals surface area contributed by atoms with Gasteiger partial charge in [0.05, 0.1) is 23.3 Å². The van der Waals surface area contributed by atoms with E-state index >= 15 is 0 Å². The summed E-state index contributed by atoms with van der Waals surface area (Å²) in [5.41, 5.74) is 0.965. The number of fused-ring (bicyclic) bond motifs is 2. The molecule has 0 unspecified atom stereocenters. The zero-order valence-electron chi connectivity index (χ0n) is 31.0. The number of carbonyl (C=O) groups is 4. The first-order valence-corrected chi connectivity index (χ1v) is 17.7. The van der Waals surface area contributed by atoms with Crippen LogP contribution in [0.2, 0.25) is 0 Å². The van der Waals surface area contributed by atoms with Crippen molar-refractivity contribution in [2.24, 2.45) is 11.8 Å². The van der Waals surface area contributed by atoms with Gasteiger partial charge in [0.2, 0.25) is 11.8 Å². The molecule has 50 heavy (non-hydrogen) atoms. The minimum atomic E-state index is -0.523. The van der Waals surface area contributed by atoms with Crippen molar-refractivity contribution >= 4 is 23.6 Å². The summed E-state index contributed by atoms with van der Waals surface area (Å²) in [7, 11) is 3.36. The number of carbonyl (C=O) groups excluding carboxylic acids is 4. The van der Waals surface area contributed by atoms with Crippen LogP contribution in [0.15, 0.2) is 72.8 Å². The molecule has 10 nitrogen and oxygen atoms in total. The van der Waals surface area contributed by atoms with Gasteiger partial charge in [0.15, 0.2) is 0 Å². The number of nitrogens with zero attached hydrogens (tertiary/aromatic N) is 2. The van der Waals surface area contributed by atoms with Crippen molar-refractivity contribution < 1.29 is 28.7 Å². The number of nitrogens with one attached hydrogen (secondary N) is 2. The molecule has 0 bridgehead atoms. The molecule has 0 saturated heterocycles. The van der Waals surface area contributed by atoms with Crippen LogP contribution in [0.5, 0.6) is 11.5 Å². The molecule has 0 aliphatic carbocycles. The molecule has 2 aliphatic heterocycles. The second kappa shape index (κ2) is 19.6. The van der Waals surface area contributed by atoms with E-state index in [4.69, 9.17) is 9.47 Å². The lowest BCUT2D eigenvalue weighted by molar-refractivity contribution is -0.127. The fourth-order valence-corrected chi connectivity index (χ4v) is 6.08.